The zero-order chi connectivity index (χ0) is 12.3. The van der Waals surface area contributed by atoms with Crippen LogP contribution in [0.15, 0.2) is 28.7 Å². The molecule has 5 heteroatoms. The fraction of sp³-hybridized carbons (Fsp3) is 0.333. The highest BCUT2D eigenvalue weighted by molar-refractivity contribution is 9.10. The van der Waals surface area contributed by atoms with Crippen molar-refractivity contribution in [2.75, 3.05) is 19.6 Å². The molecule has 1 amide bonds. The number of carbonyl (C=O) groups excluding carboxylic acids is 1. The molecule has 0 spiro atoms. The molecule has 1 aromatic rings. The van der Waals surface area contributed by atoms with Crippen LogP contribution in [0.3, 0.4) is 0 Å². The van der Waals surface area contributed by atoms with Gasteiger partial charge in [0.05, 0.1) is 6.07 Å². The Bertz CT molecular complexity index is 452. The smallest absolute Gasteiger partial charge is 0.255 e. The zero-order valence-electron chi connectivity index (χ0n) is 9.19. The summed E-state index contributed by atoms with van der Waals surface area (Å²) >= 11 is 3.33. The van der Waals surface area contributed by atoms with Gasteiger partial charge in [-0.05, 0) is 24.3 Å². The van der Waals surface area contributed by atoms with E-state index in [-0.39, 0.29) is 11.9 Å². The average molecular weight is 294 g/mol. The first kappa shape index (κ1) is 12.1. The van der Waals surface area contributed by atoms with Crippen molar-refractivity contribution < 1.29 is 4.79 Å². The highest BCUT2D eigenvalue weighted by Crippen LogP contribution is 2.14. The molecule has 1 heterocycles. The number of nitrogens with zero attached hydrogens (tertiary/aromatic N) is 2. The minimum atomic E-state index is -0.375. The molecule has 1 atom stereocenters. The monoisotopic (exact) mass is 293 g/mol. The molecule has 1 unspecified atom stereocenters. The summed E-state index contributed by atoms with van der Waals surface area (Å²) in [7, 11) is 0. The third-order valence-corrected chi connectivity index (χ3v) is 3.27. The quantitative estimate of drug-likeness (QED) is 0.851. The largest absolute Gasteiger partial charge is 0.320 e. The first-order valence-corrected chi connectivity index (χ1v) is 6.18. The molecule has 0 aliphatic carbocycles. The van der Waals surface area contributed by atoms with E-state index in [1.54, 1.807) is 17.0 Å². The lowest BCUT2D eigenvalue weighted by atomic mass is 10.1. The third kappa shape index (κ3) is 2.65. The van der Waals surface area contributed by atoms with Gasteiger partial charge in [-0.2, -0.15) is 5.26 Å². The Morgan fingerprint density at radius 2 is 2.18 bits per heavy atom. The van der Waals surface area contributed by atoms with Crippen molar-refractivity contribution in [2.45, 2.75) is 6.04 Å². The van der Waals surface area contributed by atoms with Gasteiger partial charge in [0.25, 0.3) is 5.91 Å². The van der Waals surface area contributed by atoms with Gasteiger partial charge in [0.1, 0.15) is 6.04 Å². The van der Waals surface area contributed by atoms with Crippen LogP contribution in [-0.4, -0.2) is 36.5 Å². The van der Waals surface area contributed by atoms with E-state index in [4.69, 9.17) is 5.26 Å². The van der Waals surface area contributed by atoms with Gasteiger partial charge in [-0.3, -0.25) is 4.79 Å². The number of amides is 1. The van der Waals surface area contributed by atoms with Gasteiger partial charge in [-0.25, -0.2) is 0 Å². The van der Waals surface area contributed by atoms with E-state index in [1.807, 2.05) is 12.1 Å². The Morgan fingerprint density at radius 1 is 1.47 bits per heavy atom. The van der Waals surface area contributed by atoms with E-state index < -0.39 is 0 Å². The van der Waals surface area contributed by atoms with Crippen LogP contribution in [0.4, 0.5) is 0 Å². The van der Waals surface area contributed by atoms with Crippen molar-refractivity contribution in [1.29, 1.82) is 5.26 Å². The summed E-state index contributed by atoms with van der Waals surface area (Å²) < 4.78 is 0.936. The molecule has 1 aliphatic rings. The summed E-state index contributed by atoms with van der Waals surface area (Å²) in [5.41, 5.74) is 0.621. The SMILES string of the molecule is N#CC1CNCCN1C(=O)c1ccc(Br)cc1. The van der Waals surface area contributed by atoms with Crippen LogP contribution >= 0.6 is 15.9 Å². The Morgan fingerprint density at radius 3 is 2.82 bits per heavy atom. The molecule has 0 aromatic heterocycles. The van der Waals surface area contributed by atoms with E-state index in [0.717, 1.165) is 11.0 Å². The minimum Gasteiger partial charge on any atom is -0.320 e. The zero-order valence-corrected chi connectivity index (χ0v) is 10.8. The van der Waals surface area contributed by atoms with E-state index in [2.05, 4.69) is 27.3 Å². The van der Waals surface area contributed by atoms with Crippen molar-refractivity contribution in [3.8, 4) is 6.07 Å². The van der Waals surface area contributed by atoms with Crippen LogP contribution < -0.4 is 5.32 Å². The number of halogens is 1. The maximum atomic E-state index is 12.2. The van der Waals surface area contributed by atoms with Crippen molar-refractivity contribution >= 4 is 21.8 Å². The molecule has 0 radical (unpaired) electrons. The molecule has 2 rings (SSSR count). The summed E-state index contributed by atoms with van der Waals surface area (Å²) in [5, 5.41) is 12.1. The van der Waals surface area contributed by atoms with Crippen LogP contribution in [0.2, 0.25) is 0 Å². The second-order valence-corrected chi connectivity index (χ2v) is 4.77. The summed E-state index contributed by atoms with van der Waals surface area (Å²) in [6.45, 7) is 1.85. The molecule has 1 N–H and O–H groups in total. The molecule has 88 valence electrons. The van der Waals surface area contributed by atoms with Crippen LogP contribution in [0.1, 0.15) is 10.4 Å². The van der Waals surface area contributed by atoms with Crippen LogP contribution in [0.5, 0.6) is 0 Å². The number of hydrogen-bond acceptors (Lipinski definition) is 3. The first-order chi connectivity index (χ1) is 8.22. The number of carbonyl (C=O) groups is 1. The Kier molecular flexibility index (Phi) is 3.77. The standard InChI is InChI=1S/C12H12BrN3O/c13-10-3-1-9(2-4-10)12(17)16-6-5-15-8-11(16)7-14/h1-4,11,15H,5-6,8H2. The number of benzene rings is 1. The normalized spacial score (nSPS) is 19.8. The fourth-order valence-corrected chi connectivity index (χ4v) is 2.09. The van der Waals surface area contributed by atoms with Gasteiger partial charge in [-0.15, -0.1) is 0 Å². The van der Waals surface area contributed by atoms with Gasteiger partial charge < -0.3 is 10.2 Å². The summed E-state index contributed by atoms with van der Waals surface area (Å²) in [6.07, 6.45) is 0. The molecule has 4 nitrogen and oxygen atoms in total. The second-order valence-electron chi connectivity index (χ2n) is 3.85. The van der Waals surface area contributed by atoms with E-state index in [0.29, 0.717) is 18.7 Å². The highest BCUT2D eigenvalue weighted by atomic mass is 79.9. The fourth-order valence-electron chi connectivity index (χ4n) is 1.82. The molecule has 0 saturated carbocycles. The number of hydrogen-bond donors (Lipinski definition) is 1. The molecule has 1 aliphatic heterocycles. The maximum Gasteiger partial charge on any atom is 0.255 e. The Hall–Kier alpha value is -1.38. The van der Waals surface area contributed by atoms with Crippen molar-refractivity contribution in [3.63, 3.8) is 0 Å². The molecular weight excluding hydrogens is 282 g/mol. The van der Waals surface area contributed by atoms with E-state index in [9.17, 15) is 4.79 Å². The third-order valence-electron chi connectivity index (χ3n) is 2.74. The van der Waals surface area contributed by atoms with Crippen molar-refractivity contribution in [2.24, 2.45) is 0 Å². The predicted molar refractivity (Wildman–Crippen MR) is 67.4 cm³/mol. The van der Waals surface area contributed by atoms with Gasteiger partial charge in [-0.1, -0.05) is 15.9 Å². The van der Waals surface area contributed by atoms with E-state index in [1.165, 1.54) is 0 Å². The summed E-state index contributed by atoms with van der Waals surface area (Å²) in [4.78, 5) is 13.8. The molecule has 1 saturated heterocycles. The van der Waals surface area contributed by atoms with Crippen LogP contribution in [0.25, 0.3) is 0 Å². The van der Waals surface area contributed by atoms with E-state index >= 15 is 0 Å². The average Bonchev–Trinajstić information content (AvgIpc) is 2.39. The Labute approximate surface area is 108 Å². The van der Waals surface area contributed by atoms with Gasteiger partial charge in [0.2, 0.25) is 0 Å². The Balaban J connectivity index is 2.18. The highest BCUT2D eigenvalue weighted by Gasteiger charge is 2.26. The predicted octanol–water partition coefficient (Wildman–Crippen LogP) is 1.39. The first-order valence-electron chi connectivity index (χ1n) is 5.39. The molecule has 1 aromatic carbocycles. The van der Waals surface area contributed by atoms with Gasteiger partial charge >= 0.3 is 0 Å². The lowest BCUT2D eigenvalue weighted by Gasteiger charge is -2.32. The molecule has 0 bridgehead atoms. The molecule has 1 fully saturated rings. The summed E-state index contributed by atoms with van der Waals surface area (Å²) in [6, 6.07) is 8.97. The molecular formula is C12H12BrN3O. The number of piperazine rings is 1. The van der Waals surface area contributed by atoms with Crippen LogP contribution in [0, 0.1) is 11.3 Å². The number of nitriles is 1. The van der Waals surface area contributed by atoms with Gasteiger partial charge in [0.15, 0.2) is 0 Å². The lowest BCUT2D eigenvalue weighted by molar-refractivity contribution is 0.0687. The topological polar surface area (TPSA) is 56.1 Å². The second kappa shape index (κ2) is 5.30. The van der Waals surface area contributed by atoms with Crippen molar-refractivity contribution in [1.82, 2.24) is 10.2 Å². The maximum absolute atomic E-state index is 12.2. The van der Waals surface area contributed by atoms with Gasteiger partial charge in [0, 0.05) is 29.7 Å². The van der Waals surface area contributed by atoms with Crippen molar-refractivity contribution in [3.05, 3.63) is 34.3 Å². The number of rotatable bonds is 1. The molecule has 17 heavy (non-hydrogen) atoms. The lowest BCUT2D eigenvalue weighted by Crippen LogP contribution is -2.53. The minimum absolute atomic E-state index is 0.0782. The number of nitrogens with one attached hydrogen (secondary N) is 1. The van der Waals surface area contributed by atoms with Crippen LogP contribution in [-0.2, 0) is 0 Å². The summed E-state index contributed by atoms with van der Waals surface area (Å²) in [5.74, 6) is -0.0782.